The third-order valence-electron chi connectivity index (χ3n) is 9.15. The van der Waals surface area contributed by atoms with Gasteiger partial charge in [0, 0.05) is 62.1 Å². The Kier molecular flexibility index (Phi) is 13.0. The standard InChI is InChI=1S/C34H41ClN6O4.C2HF3O2/c1-22(8-10-26-7-4-18-44-26)39-33(42)24-12-15-36-31-28(19-24)32(38-21-37-31)40-25-9-11-30(29(35)20-25)45-27-13-16-41(17-14-27)34(43)23-5-2-3-6-23;3-2(4,5)1(6)7/h4,7,9,11,18-23,27H,2-3,5-6,8,10,12-17H2,1H3,(H,39,42)(H2,36,37,38,40);(H,6,7). The number of anilines is 3. The number of carboxylic acid groups (broad SMARTS) is 1. The predicted molar refractivity (Wildman–Crippen MR) is 188 cm³/mol. The van der Waals surface area contributed by atoms with Crippen LogP contribution >= 0.6 is 11.6 Å². The molecular formula is C36H42ClF3N6O6. The lowest BCUT2D eigenvalue weighted by Gasteiger charge is -2.33. The van der Waals surface area contributed by atoms with Crippen molar-refractivity contribution in [3.05, 3.63) is 64.8 Å². The van der Waals surface area contributed by atoms with E-state index in [0.29, 0.717) is 52.4 Å². The van der Waals surface area contributed by atoms with Gasteiger partial charge in [0.1, 0.15) is 35.6 Å². The average molecular weight is 747 g/mol. The van der Waals surface area contributed by atoms with Crippen LogP contribution in [0.5, 0.6) is 5.75 Å². The number of aromatic nitrogens is 2. The highest BCUT2D eigenvalue weighted by molar-refractivity contribution is 6.32. The predicted octanol–water partition coefficient (Wildman–Crippen LogP) is 7.00. The summed E-state index contributed by atoms with van der Waals surface area (Å²) in [5.41, 5.74) is 2.10. The number of halogens is 4. The van der Waals surface area contributed by atoms with E-state index in [9.17, 15) is 22.8 Å². The van der Waals surface area contributed by atoms with Crippen molar-refractivity contribution in [3.63, 3.8) is 0 Å². The van der Waals surface area contributed by atoms with E-state index in [1.165, 1.54) is 19.2 Å². The zero-order valence-corrected chi connectivity index (χ0v) is 29.4. The SMILES string of the molecule is CC(CCc1ccco1)NC(=O)C1=Cc2c(ncnc2Nc2ccc(OC3CCN(C(=O)C4CCCC4)CC3)c(Cl)c2)NCC1.O=C(O)C(F)(F)F. The summed E-state index contributed by atoms with van der Waals surface area (Å²) >= 11 is 6.68. The first-order chi connectivity index (χ1) is 24.9. The molecule has 2 aromatic heterocycles. The van der Waals surface area contributed by atoms with Crippen molar-refractivity contribution >= 4 is 52.8 Å². The maximum atomic E-state index is 13.2. The Labute approximate surface area is 304 Å². The van der Waals surface area contributed by atoms with Crippen LogP contribution in [-0.2, 0) is 20.8 Å². The summed E-state index contributed by atoms with van der Waals surface area (Å²) in [4.78, 5) is 45.8. The molecule has 280 valence electrons. The Bertz CT molecular complexity index is 1720. The summed E-state index contributed by atoms with van der Waals surface area (Å²) in [6, 6.07) is 9.37. The maximum absolute atomic E-state index is 13.2. The second-order valence-electron chi connectivity index (χ2n) is 13.0. The van der Waals surface area contributed by atoms with Crippen LogP contribution in [0, 0.1) is 5.92 Å². The second-order valence-corrected chi connectivity index (χ2v) is 13.4. The van der Waals surface area contributed by atoms with E-state index in [4.69, 9.17) is 30.7 Å². The molecule has 6 rings (SSSR count). The molecule has 1 aromatic carbocycles. The number of ether oxygens (including phenoxy) is 1. The minimum atomic E-state index is -5.08. The van der Waals surface area contributed by atoms with Gasteiger partial charge in [-0.15, -0.1) is 0 Å². The highest BCUT2D eigenvalue weighted by atomic mass is 35.5. The monoisotopic (exact) mass is 746 g/mol. The first-order valence-corrected chi connectivity index (χ1v) is 17.7. The van der Waals surface area contributed by atoms with E-state index in [-0.39, 0.29) is 24.0 Å². The van der Waals surface area contributed by atoms with Crippen molar-refractivity contribution in [2.24, 2.45) is 5.92 Å². The first kappa shape index (κ1) is 38.4. The number of hydrogen-bond acceptors (Lipinski definition) is 9. The molecule has 1 saturated heterocycles. The molecule has 1 aliphatic carbocycles. The summed E-state index contributed by atoms with van der Waals surface area (Å²) < 4.78 is 43.4. The summed E-state index contributed by atoms with van der Waals surface area (Å²) in [6.07, 6.45) is 7.99. The fourth-order valence-corrected chi connectivity index (χ4v) is 6.56. The lowest BCUT2D eigenvalue weighted by atomic mass is 10.0. The van der Waals surface area contributed by atoms with Gasteiger partial charge in [-0.3, -0.25) is 9.59 Å². The van der Waals surface area contributed by atoms with Gasteiger partial charge in [0.2, 0.25) is 11.8 Å². The Hall–Kier alpha value is -4.79. The van der Waals surface area contributed by atoms with Crippen LogP contribution in [0.25, 0.3) is 6.08 Å². The minimum Gasteiger partial charge on any atom is -0.489 e. The number of alkyl halides is 3. The molecule has 4 heterocycles. The van der Waals surface area contributed by atoms with Crippen LogP contribution in [0.3, 0.4) is 0 Å². The average Bonchev–Trinajstić information content (AvgIpc) is 3.80. The molecule has 12 nitrogen and oxygen atoms in total. The number of likely N-dealkylation sites (tertiary alicyclic amines) is 1. The molecule has 1 atom stereocenters. The number of nitrogens with one attached hydrogen (secondary N) is 3. The van der Waals surface area contributed by atoms with E-state index in [0.717, 1.165) is 63.1 Å². The van der Waals surface area contributed by atoms with Crippen molar-refractivity contribution < 1.29 is 41.8 Å². The molecule has 1 unspecified atom stereocenters. The zero-order chi connectivity index (χ0) is 37.3. The summed E-state index contributed by atoms with van der Waals surface area (Å²) in [5.74, 6) is 0.408. The number of fused-ring (bicyclic) bond motifs is 1. The minimum absolute atomic E-state index is 0.0141. The van der Waals surface area contributed by atoms with E-state index in [1.807, 2.05) is 48.2 Å². The molecule has 0 bridgehead atoms. The molecule has 0 radical (unpaired) electrons. The molecular weight excluding hydrogens is 705 g/mol. The Morgan fingerprint density at radius 2 is 1.87 bits per heavy atom. The van der Waals surface area contributed by atoms with Gasteiger partial charge in [-0.05, 0) is 69.0 Å². The smallest absolute Gasteiger partial charge is 0.489 e. The number of hydrogen-bond donors (Lipinski definition) is 4. The molecule has 2 aliphatic heterocycles. The van der Waals surface area contributed by atoms with Gasteiger partial charge in [0.05, 0.1) is 16.8 Å². The van der Waals surface area contributed by atoms with Crippen LogP contribution in [0.1, 0.15) is 69.6 Å². The van der Waals surface area contributed by atoms with E-state index in [1.54, 1.807) is 6.26 Å². The number of aryl methyl sites for hydroxylation is 1. The van der Waals surface area contributed by atoms with Gasteiger partial charge in [0.15, 0.2) is 0 Å². The summed E-state index contributed by atoms with van der Waals surface area (Å²) in [5, 5.41) is 17.4. The largest absolute Gasteiger partial charge is 0.490 e. The molecule has 4 N–H and O–H groups in total. The van der Waals surface area contributed by atoms with Crippen molar-refractivity contribution in [2.45, 2.75) is 83.0 Å². The molecule has 16 heteroatoms. The molecule has 3 aromatic rings. The third kappa shape index (κ3) is 10.6. The fourth-order valence-electron chi connectivity index (χ4n) is 6.33. The molecule has 2 fully saturated rings. The normalized spacial score (nSPS) is 17.0. The Morgan fingerprint density at radius 1 is 1.13 bits per heavy atom. The van der Waals surface area contributed by atoms with Crippen molar-refractivity contribution in [1.29, 1.82) is 0 Å². The van der Waals surface area contributed by atoms with Crippen LogP contribution in [0.15, 0.2) is 52.9 Å². The highest BCUT2D eigenvalue weighted by Crippen LogP contribution is 2.34. The molecule has 2 amide bonds. The number of rotatable bonds is 10. The molecule has 0 spiro atoms. The van der Waals surface area contributed by atoms with Crippen molar-refractivity contribution in [1.82, 2.24) is 20.2 Å². The second kappa shape index (κ2) is 17.6. The van der Waals surface area contributed by atoms with Gasteiger partial charge in [-0.1, -0.05) is 24.4 Å². The number of carboxylic acids is 1. The number of amides is 2. The summed E-state index contributed by atoms with van der Waals surface area (Å²) in [6.45, 7) is 4.02. The number of benzene rings is 1. The van der Waals surface area contributed by atoms with Gasteiger partial charge in [0.25, 0.3) is 0 Å². The van der Waals surface area contributed by atoms with Crippen LogP contribution in [-0.4, -0.2) is 75.7 Å². The van der Waals surface area contributed by atoms with Crippen LogP contribution in [0.2, 0.25) is 5.02 Å². The van der Waals surface area contributed by atoms with E-state index < -0.39 is 12.1 Å². The number of carbonyl (C=O) groups is 3. The lowest BCUT2D eigenvalue weighted by molar-refractivity contribution is -0.192. The van der Waals surface area contributed by atoms with Gasteiger partial charge in [-0.2, -0.15) is 13.2 Å². The molecule has 52 heavy (non-hydrogen) atoms. The van der Waals surface area contributed by atoms with Gasteiger partial charge in [-0.25, -0.2) is 14.8 Å². The lowest BCUT2D eigenvalue weighted by Crippen LogP contribution is -2.44. The third-order valence-corrected chi connectivity index (χ3v) is 9.45. The van der Waals surface area contributed by atoms with Gasteiger partial charge >= 0.3 is 12.1 Å². The Morgan fingerprint density at radius 3 is 2.52 bits per heavy atom. The van der Waals surface area contributed by atoms with Crippen molar-refractivity contribution in [3.8, 4) is 5.75 Å². The quantitative estimate of drug-likeness (QED) is 0.170. The number of furan rings is 1. The van der Waals surface area contributed by atoms with Crippen molar-refractivity contribution in [2.75, 3.05) is 30.3 Å². The maximum Gasteiger partial charge on any atom is 0.490 e. The van der Waals surface area contributed by atoms with E-state index in [2.05, 4.69) is 25.9 Å². The highest BCUT2D eigenvalue weighted by Gasteiger charge is 2.38. The summed E-state index contributed by atoms with van der Waals surface area (Å²) in [7, 11) is 0. The topological polar surface area (TPSA) is 159 Å². The van der Waals surface area contributed by atoms with Gasteiger partial charge < -0.3 is 35.1 Å². The number of carbonyl (C=O) groups excluding carboxylic acids is 2. The number of nitrogens with zero attached hydrogens (tertiary/aromatic N) is 3. The molecule has 3 aliphatic rings. The van der Waals surface area contributed by atoms with E-state index >= 15 is 0 Å². The first-order valence-electron chi connectivity index (χ1n) is 17.3. The number of aliphatic carboxylic acids is 1. The fraction of sp³-hybridized carbons (Fsp3) is 0.472. The van der Waals surface area contributed by atoms with Crippen LogP contribution < -0.4 is 20.7 Å². The zero-order valence-electron chi connectivity index (χ0n) is 28.7. The van der Waals surface area contributed by atoms with Crippen LogP contribution in [0.4, 0.5) is 30.5 Å². The molecule has 1 saturated carbocycles. The number of piperidine rings is 1. The Balaban J connectivity index is 0.000000679.